The highest BCUT2D eigenvalue weighted by Crippen LogP contribution is 2.27. The van der Waals surface area contributed by atoms with Crippen molar-refractivity contribution in [1.29, 1.82) is 0 Å². The van der Waals surface area contributed by atoms with E-state index in [0.717, 1.165) is 44.7 Å². The Morgan fingerprint density at radius 3 is 2.47 bits per heavy atom. The molecule has 0 aliphatic carbocycles. The number of aromatic amines is 1. The normalized spacial score (nSPS) is 11.7. The Morgan fingerprint density at radius 2 is 1.68 bits per heavy atom. The number of carbonyl (C=O) groups is 1. The lowest BCUT2D eigenvalue weighted by Crippen LogP contribution is -2.19. The van der Waals surface area contributed by atoms with Crippen LogP contribution in [0.5, 0.6) is 0 Å². The summed E-state index contributed by atoms with van der Waals surface area (Å²) in [6.07, 6.45) is 0. The maximum absolute atomic E-state index is 12.7. The van der Waals surface area contributed by atoms with Gasteiger partial charge in [-0.15, -0.1) is 0 Å². The highest BCUT2D eigenvalue weighted by atomic mass is 16.2. The van der Waals surface area contributed by atoms with Crippen LogP contribution in [0.15, 0.2) is 84.0 Å². The molecule has 34 heavy (non-hydrogen) atoms. The number of hydrogen-bond acceptors (Lipinski definition) is 4. The number of carbonyl (C=O) groups excluding carboxylic acids is 1. The third-order valence-corrected chi connectivity index (χ3v) is 5.86. The quantitative estimate of drug-likeness (QED) is 0.287. The molecule has 7 nitrogen and oxygen atoms in total. The van der Waals surface area contributed by atoms with Gasteiger partial charge in [-0.25, -0.2) is 10.1 Å². The molecule has 0 radical (unpaired) electrons. The SMILES string of the molecule is C/C(=N/NC(=O)c1cc(-c2c(C)nn(-c3ccccc3)c2C)n[nH]1)c1ccc2ccccc2c1. The van der Waals surface area contributed by atoms with Crippen LogP contribution in [-0.2, 0) is 0 Å². The fourth-order valence-corrected chi connectivity index (χ4v) is 4.07. The van der Waals surface area contributed by atoms with Crippen LogP contribution in [0.1, 0.15) is 34.4 Å². The fraction of sp³-hybridized carbons (Fsp3) is 0.111. The zero-order valence-corrected chi connectivity index (χ0v) is 19.2. The molecule has 7 heteroatoms. The molecule has 0 spiro atoms. The number of hydrazone groups is 1. The number of aromatic nitrogens is 4. The van der Waals surface area contributed by atoms with Crippen LogP contribution in [0.3, 0.4) is 0 Å². The lowest BCUT2D eigenvalue weighted by atomic mass is 10.0. The first kappa shape index (κ1) is 21.3. The zero-order chi connectivity index (χ0) is 23.7. The van der Waals surface area contributed by atoms with Gasteiger partial charge in [-0.2, -0.15) is 15.3 Å². The van der Waals surface area contributed by atoms with Crippen LogP contribution in [0.4, 0.5) is 0 Å². The van der Waals surface area contributed by atoms with Crippen LogP contribution >= 0.6 is 0 Å². The van der Waals surface area contributed by atoms with E-state index in [9.17, 15) is 4.79 Å². The molecule has 1 amide bonds. The molecule has 0 saturated carbocycles. The van der Waals surface area contributed by atoms with Crippen molar-refractivity contribution in [1.82, 2.24) is 25.4 Å². The molecule has 0 saturated heterocycles. The fourth-order valence-electron chi connectivity index (χ4n) is 4.07. The summed E-state index contributed by atoms with van der Waals surface area (Å²) in [5.74, 6) is -0.357. The Balaban J connectivity index is 1.35. The van der Waals surface area contributed by atoms with Crippen LogP contribution < -0.4 is 5.43 Å². The van der Waals surface area contributed by atoms with Crippen molar-refractivity contribution < 1.29 is 4.79 Å². The summed E-state index contributed by atoms with van der Waals surface area (Å²) in [7, 11) is 0. The summed E-state index contributed by atoms with van der Waals surface area (Å²) < 4.78 is 1.89. The molecule has 5 aromatic rings. The van der Waals surface area contributed by atoms with Crippen molar-refractivity contribution in [2.24, 2.45) is 5.10 Å². The molecule has 2 N–H and O–H groups in total. The summed E-state index contributed by atoms with van der Waals surface area (Å²) >= 11 is 0. The first-order chi connectivity index (χ1) is 16.5. The summed E-state index contributed by atoms with van der Waals surface area (Å²) in [4.78, 5) is 12.7. The van der Waals surface area contributed by atoms with Gasteiger partial charge in [0.2, 0.25) is 0 Å². The van der Waals surface area contributed by atoms with Gasteiger partial charge in [-0.3, -0.25) is 9.89 Å². The first-order valence-corrected chi connectivity index (χ1v) is 11.0. The van der Waals surface area contributed by atoms with Crippen molar-refractivity contribution >= 4 is 22.4 Å². The van der Waals surface area contributed by atoms with E-state index in [4.69, 9.17) is 0 Å². The summed E-state index contributed by atoms with van der Waals surface area (Å²) in [6.45, 7) is 5.80. The smallest absolute Gasteiger partial charge is 0.272 e. The molecule has 0 aliphatic heterocycles. The van der Waals surface area contributed by atoms with Gasteiger partial charge in [0.15, 0.2) is 0 Å². The van der Waals surface area contributed by atoms with Crippen molar-refractivity contribution in [2.45, 2.75) is 20.8 Å². The van der Waals surface area contributed by atoms with Gasteiger partial charge in [0, 0.05) is 5.56 Å². The lowest BCUT2D eigenvalue weighted by Gasteiger charge is -2.04. The number of amides is 1. The molecule has 0 unspecified atom stereocenters. The Hall–Kier alpha value is -4.52. The highest BCUT2D eigenvalue weighted by molar-refractivity contribution is 6.03. The first-order valence-electron chi connectivity index (χ1n) is 11.0. The largest absolute Gasteiger partial charge is 0.289 e. The van der Waals surface area contributed by atoms with Gasteiger partial charge >= 0.3 is 0 Å². The van der Waals surface area contributed by atoms with E-state index >= 15 is 0 Å². The minimum Gasteiger partial charge on any atom is -0.272 e. The van der Waals surface area contributed by atoms with Crippen LogP contribution in [0.25, 0.3) is 27.7 Å². The number of fused-ring (bicyclic) bond motifs is 1. The third kappa shape index (κ3) is 3.99. The van der Waals surface area contributed by atoms with E-state index < -0.39 is 0 Å². The van der Waals surface area contributed by atoms with Gasteiger partial charge < -0.3 is 0 Å². The molecule has 0 fully saturated rings. The van der Waals surface area contributed by atoms with Crippen molar-refractivity contribution in [3.63, 3.8) is 0 Å². The third-order valence-electron chi connectivity index (χ3n) is 5.86. The number of para-hydroxylation sites is 1. The minimum atomic E-state index is -0.357. The van der Waals surface area contributed by atoms with E-state index in [1.165, 1.54) is 0 Å². The minimum absolute atomic E-state index is 0.330. The van der Waals surface area contributed by atoms with Crippen molar-refractivity contribution in [3.05, 3.63) is 102 Å². The van der Waals surface area contributed by atoms with Crippen molar-refractivity contribution in [3.8, 4) is 16.9 Å². The average molecular weight is 449 g/mol. The summed E-state index contributed by atoms with van der Waals surface area (Å²) in [5, 5.41) is 18.4. The van der Waals surface area contributed by atoms with Crippen LogP contribution in [0.2, 0.25) is 0 Å². The Kier molecular flexibility index (Phi) is 5.51. The molecule has 2 heterocycles. The standard InChI is InChI=1S/C27H24N6O/c1-17(21-14-13-20-9-7-8-10-22(20)15-21)28-31-27(34)25-16-24(29-30-25)26-18(2)32-33(19(26)3)23-11-5-4-6-12-23/h4-16H,1-3H3,(H,29,30)(H,31,34)/b28-17-. The molecule has 3 aromatic carbocycles. The molecule has 0 atom stereocenters. The van der Waals surface area contributed by atoms with Crippen molar-refractivity contribution in [2.75, 3.05) is 0 Å². The second-order valence-electron chi connectivity index (χ2n) is 8.16. The molecule has 168 valence electrons. The van der Waals surface area contributed by atoms with Crippen LogP contribution in [0, 0.1) is 13.8 Å². The van der Waals surface area contributed by atoms with E-state index in [-0.39, 0.29) is 5.91 Å². The van der Waals surface area contributed by atoms with Gasteiger partial charge in [0.05, 0.1) is 28.5 Å². The summed E-state index contributed by atoms with van der Waals surface area (Å²) in [5.41, 5.74) is 8.95. The number of hydrogen-bond donors (Lipinski definition) is 2. The summed E-state index contributed by atoms with van der Waals surface area (Å²) in [6, 6.07) is 25.9. The van der Waals surface area contributed by atoms with E-state index in [1.807, 2.05) is 80.1 Å². The van der Waals surface area contributed by atoms with E-state index in [2.05, 4.69) is 44.0 Å². The molecular formula is C27H24N6O. The van der Waals surface area contributed by atoms with Gasteiger partial charge in [0.25, 0.3) is 5.91 Å². The molecule has 5 rings (SSSR count). The Morgan fingerprint density at radius 1 is 0.941 bits per heavy atom. The number of rotatable bonds is 5. The van der Waals surface area contributed by atoms with Crippen LogP contribution in [-0.4, -0.2) is 31.6 Å². The maximum atomic E-state index is 12.7. The lowest BCUT2D eigenvalue weighted by molar-refractivity contribution is 0.0950. The van der Waals surface area contributed by atoms with Gasteiger partial charge in [-0.1, -0.05) is 54.6 Å². The number of H-pyrrole nitrogens is 1. The molecule has 2 aromatic heterocycles. The average Bonchev–Trinajstić information content (AvgIpc) is 3.46. The highest BCUT2D eigenvalue weighted by Gasteiger charge is 2.19. The second-order valence-corrected chi connectivity index (χ2v) is 8.16. The monoisotopic (exact) mass is 448 g/mol. The van der Waals surface area contributed by atoms with Gasteiger partial charge in [-0.05, 0) is 61.4 Å². The zero-order valence-electron chi connectivity index (χ0n) is 19.2. The Bertz CT molecular complexity index is 1530. The predicted molar refractivity (Wildman–Crippen MR) is 134 cm³/mol. The molecule has 0 bridgehead atoms. The number of nitrogens with zero attached hydrogens (tertiary/aromatic N) is 4. The predicted octanol–water partition coefficient (Wildman–Crippen LogP) is 5.19. The second kappa shape index (κ2) is 8.78. The van der Waals surface area contributed by atoms with Gasteiger partial charge in [0.1, 0.15) is 5.69 Å². The molecule has 0 aliphatic rings. The molecular weight excluding hydrogens is 424 g/mol. The maximum Gasteiger partial charge on any atom is 0.289 e. The number of aryl methyl sites for hydroxylation is 1. The van der Waals surface area contributed by atoms with E-state index in [0.29, 0.717) is 11.4 Å². The Labute approximate surface area is 197 Å². The number of benzene rings is 3. The topological polar surface area (TPSA) is 88.0 Å². The number of nitrogens with one attached hydrogen (secondary N) is 2. The van der Waals surface area contributed by atoms with E-state index in [1.54, 1.807) is 6.07 Å².